The Morgan fingerprint density at radius 1 is 1.37 bits per heavy atom. The highest BCUT2D eigenvalue weighted by molar-refractivity contribution is 5.82. The van der Waals surface area contributed by atoms with Crippen LogP contribution in [-0.4, -0.2) is 25.0 Å². The Labute approximate surface area is 115 Å². The highest BCUT2D eigenvalue weighted by atomic mass is 16.2. The molecule has 0 aromatic heterocycles. The number of rotatable bonds is 5. The van der Waals surface area contributed by atoms with Gasteiger partial charge in [-0.1, -0.05) is 44.2 Å². The van der Waals surface area contributed by atoms with Crippen molar-refractivity contribution in [2.75, 3.05) is 13.1 Å². The monoisotopic (exact) mass is 260 g/mol. The van der Waals surface area contributed by atoms with E-state index in [0.29, 0.717) is 6.04 Å². The topological polar surface area (TPSA) is 41.1 Å². The van der Waals surface area contributed by atoms with Gasteiger partial charge in [-0.25, -0.2) is 0 Å². The van der Waals surface area contributed by atoms with Crippen molar-refractivity contribution >= 4 is 5.91 Å². The molecule has 1 aliphatic heterocycles. The summed E-state index contributed by atoms with van der Waals surface area (Å²) >= 11 is 0. The van der Waals surface area contributed by atoms with Crippen molar-refractivity contribution in [3.8, 4) is 0 Å². The van der Waals surface area contributed by atoms with Gasteiger partial charge in [0, 0.05) is 18.0 Å². The van der Waals surface area contributed by atoms with Crippen molar-refractivity contribution in [3.05, 3.63) is 35.9 Å². The fraction of sp³-hybridized carbons (Fsp3) is 0.562. The Morgan fingerprint density at radius 3 is 2.74 bits per heavy atom. The van der Waals surface area contributed by atoms with Gasteiger partial charge < -0.3 is 10.6 Å². The Balaban J connectivity index is 1.85. The van der Waals surface area contributed by atoms with Crippen LogP contribution < -0.4 is 10.6 Å². The molecule has 1 atom stereocenters. The van der Waals surface area contributed by atoms with Crippen LogP contribution in [0.2, 0.25) is 0 Å². The first-order chi connectivity index (χ1) is 9.08. The second kappa shape index (κ2) is 6.20. The highest BCUT2D eigenvalue weighted by Crippen LogP contribution is 2.22. The van der Waals surface area contributed by atoms with Crippen LogP contribution in [0.4, 0.5) is 0 Å². The van der Waals surface area contributed by atoms with Crippen molar-refractivity contribution in [1.82, 2.24) is 10.6 Å². The van der Waals surface area contributed by atoms with Gasteiger partial charge in [0.1, 0.15) is 0 Å². The van der Waals surface area contributed by atoms with E-state index in [1.165, 1.54) is 18.4 Å². The van der Waals surface area contributed by atoms with Gasteiger partial charge in [0.15, 0.2) is 0 Å². The quantitative estimate of drug-likeness (QED) is 0.851. The number of benzene rings is 1. The SMILES string of the molecule is CC(C)(Cc1ccccc1)C(=O)NCC1CCCN1. The smallest absolute Gasteiger partial charge is 0.226 e. The van der Waals surface area contributed by atoms with Crippen LogP contribution >= 0.6 is 0 Å². The first-order valence-corrected chi connectivity index (χ1v) is 7.13. The van der Waals surface area contributed by atoms with Crippen LogP contribution in [0.15, 0.2) is 30.3 Å². The molecule has 3 heteroatoms. The standard InChI is InChI=1S/C16H24N2O/c1-16(2,11-13-7-4-3-5-8-13)15(19)18-12-14-9-6-10-17-14/h3-5,7-8,14,17H,6,9-12H2,1-2H3,(H,18,19). The average Bonchev–Trinajstić information content (AvgIpc) is 2.89. The van der Waals surface area contributed by atoms with Gasteiger partial charge >= 0.3 is 0 Å². The Bertz CT molecular complexity index is 408. The molecule has 0 aliphatic carbocycles. The van der Waals surface area contributed by atoms with Gasteiger partial charge in [-0.3, -0.25) is 4.79 Å². The van der Waals surface area contributed by atoms with Crippen LogP contribution in [0.5, 0.6) is 0 Å². The maximum atomic E-state index is 12.3. The number of hydrogen-bond acceptors (Lipinski definition) is 2. The van der Waals surface area contributed by atoms with E-state index in [4.69, 9.17) is 0 Å². The Kier molecular flexibility index (Phi) is 4.59. The molecule has 1 aromatic rings. The number of carbonyl (C=O) groups is 1. The molecule has 1 amide bonds. The summed E-state index contributed by atoms with van der Waals surface area (Å²) in [7, 11) is 0. The number of hydrogen-bond donors (Lipinski definition) is 2. The normalized spacial score (nSPS) is 19.4. The summed E-state index contributed by atoms with van der Waals surface area (Å²) in [6.45, 7) is 5.85. The third kappa shape index (κ3) is 4.06. The molecule has 0 spiro atoms. The lowest BCUT2D eigenvalue weighted by atomic mass is 9.85. The second-order valence-corrected chi connectivity index (χ2v) is 6.05. The first-order valence-electron chi connectivity index (χ1n) is 7.13. The van der Waals surface area contributed by atoms with Gasteiger partial charge in [-0.05, 0) is 31.4 Å². The van der Waals surface area contributed by atoms with Gasteiger partial charge in [0.25, 0.3) is 0 Å². The van der Waals surface area contributed by atoms with Gasteiger partial charge in [-0.15, -0.1) is 0 Å². The zero-order chi connectivity index (χ0) is 13.7. The molecular weight excluding hydrogens is 236 g/mol. The second-order valence-electron chi connectivity index (χ2n) is 6.05. The molecule has 0 radical (unpaired) electrons. The predicted octanol–water partition coefficient (Wildman–Crippen LogP) is 2.12. The fourth-order valence-corrected chi connectivity index (χ4v) is 2.57. The zero-order valence-corrected chi connectivity index (χ0v) is 11.9. The Morgan fingerprint density at radius 2 is 2.11 bits per heavy atom. The van der Waals surface area contributed by atoms with Crippen molar-refractivity contribution < 1.29 is 4.79 Å². The van der Waals surface area contributed by atoms with Crippen molar-refractivity contribution in [2.45, 2.75) is 39.2 Å². The summed E-state index contributed by atoms with van der Waals surface area (Å²) in [6, 6.07) is 10.7. The van der Waals surface area contributed by atoms with Gasteiger partial charge in [0.05, 0.1) is 0 Å². The third-order valence-electron chi connectivity index (χ3n) is 3.77. The number of amides is 1. The summed E-state index contributed by atoms with van der Waals surface area (Å²) in [6.07, 6.45) is 3.16. The minimum atomic E-state index is -0.361. The molecule has 1 aliphatic rings. The van der Waals surface area contributed by atoms with E-state index in [-0.39, 0.29) is 11.3 Å². The molecule has 0 bridgehead atoms. The summed E-state index contributed by atoms with van der Waals surface area (Å²) in [5.41, 5.74) is 0.849. The van der Waals surface area contributed by atoms with Crippen molar-refractivity contribution in [2.24, 2.45) is 5.41 Å². The highest BCUT2D eigenvalue weighted by Gasteiger charge is 2.28. The molecule has 1 unspecified atom stereocenters. The molecule has 1 aromatic carbocycles. The van der Waals surface area contributed by atoms with Gasteiger partial charge in [-0.2, -0.15) is 0 Å². The summed E-state index contributed by atoms with van der Waals surface area (Å²) in [5.74, 6) is 0.144. The number of carbonyl (C=O) groups excluding carboxylic acids is 1. The van der Waals surface area contributed by atoms with E-state index in [9.17, 15) is 4.79 Å². The van der Waals surface area contributed by atoms with E-state index < -0.39 is 0 Å². The van der Waals surface area contributed by atoms with Crippen LogP contribution in [0.3, 0.4) is 0 Å². The molecule has 2 rings (SSSR count). The van der Waals surface area contributed by atoms with Crippen LogP contribution in [-0.2, 0) is 11.2 Å². The molecule has 1 saturated heterocycles. The first kappa shape index (κ1) is 14.1. The zero-order valence-electron chi connectivity index (χ0n) is 11.9. The van der Waals surface area contributed by atoms with Crippen LogP contribution in [0.1, 0.15) is 32.3 Å². The molecule has 1 fully saturated rings. The summed E-state index contributed by atoms with van der Waals surface area (Å²) in [4.78, 5) is 12.3. The van der Waals surface area contributed by atoms with Gasteiger partial charge in [0.2, 0.25) is 5.91 Å². The molecule has 3 nitrogen and oxygen atoms in total. The molecule has 19 heavy (non-hydrogen) atoms. The molecule has 0 saturated carbocycles. The number of nitrogens with one attached hydrogen (secondary N) is 2. The molecule has 2 N–H and O–H groups in total. The van der Waals surface area contributed by atoms with E-state index in [0.717, 1.165) is 19.5 Å². The minimum absolute atomic E-state index is 0.144. The molecule has 1 heterocycles. The van der Waals surface area contributed by atoms with E-state index >= 15 is 0 Å². The third-order valence-corrected chi connectivity index (χ3v) is 3.77. The lowest BCUT2D eigenvalue weighted by Crippen LogP contribution is -2.43. The molecule has 104 valence electrons. The average molecular weight is 260 g/mol. The van der Waals surface area contributed by atoms with Crippen molar-refractivity contribution in [3.63, 3.8) is 0 Å². The minimum Gasteiger partial charge on any atom is -0.354 e. The fourth-order valence-electron chi connectivity index (χ4n) is 2.57. The van der Waals surface area contributed by atoms with Crippen LogP contribution in [0.25, 0.3) is 0 Å². The lowest BCUT2D eigenvalue weighted by Gasteiger charge is -2.24. The van der Waals surface area contributed by atoms with Crippen molar-refractivity contribution in [1.29, 1.82) is 0 Å². The predicted molar refractivity (Wildman–Crippen MR) is 78.0 cm³/mol. The summed E-state index contributed by atoms with van der Waals surface area (Å²) in [5, 5.41) is 6.48. The van der Waals surface area contributed by atoms with E-state index in [1.54, 1.807) is 0 Å². The molecular formula is C16H24N2O. The maximum absolute atomic E-state index is 12.3. The lowest BCUT2D eigenvalue weighted by molar-refractivity contribution is -0.129. The largest absolute Gasteiger partial charge is 0.354 e. The maximum Gasteiger partial charge on any atom is 0.226 e. The van der Waals surface area contributed by atoms with Crippen LogP contribution in [0, 0.1) is 5.41 Å². The van der Waals surface area contributed by atoms with E-state index in [1.807, 2.05) is 32.0 Å². The van der Waals surface area contributed by atoms with E-state index in [2.05, 4.69) is 22.8 Å². The Hall–Kier alpha value is -1.35. The summed E-state index contributed by atoms with van der Waals surface area (Å²) < 4.78 is 0.